The van der Waals surface area contributed by atoms with Crippen molar-refractivity contribution in [3.63, 3.8) is 0 Å². The molecule has 5 nitrogen and oxygen atoms in total. The Morgan fingerprint density at radius 3 is 2.75 bits per heavy atom. The van der Waals surface area contributed by atoms with E-state index in [2.05, 4.69) is 33.7 Å². The predicted octanol–water partition coefficient (Wildman–Crippen LogP) is 5.44. The number of benzene rings is 1. The molecule has 142 valence electrons. The van der Waals surface area contributed by atoms with Crippen molar-refractivity contribution < 1.29 is 9.18 Å². The van der Waals surface area contributed by atoms with Crippen LogP contribution in [0.4, 0.5) is 10.1 Å². The number of rotatable bonds is 4. The van der Waals surface area contributed by atoms with Gasteiger partial charge in [-0.25, -0.2) is 14.4 Å². The summed E-state index contributed by atoms with van der Waals surface area (Å²) < 4.78 is 16.0. The maximum absolute atomic E-state index is 13.9. The molecule has 0 saturated carbocycles. The molecule has 4 aromatic rings. The zero-order chi connectivity index (χ0) is 19.8. The number of halogens is 1. The Hall–Kier alpha value is -3.06. The molecule has 0 aliphatic rings. The van der Waals surface area contributed by atoms with E-state index >= 15 is 0 Å². The minimum Gasteiger partial charge on any atom is -0.329 e. The van der Waals surface area contributed by atoms with Crippen molar-refractivity contribution in [1.29, 1.82) is 0 Å². The lowest BCUT2D eigenvalue weighted by molar-refractivity contribution is 0.102. The molecule has 0 spiro atoms. The van der Waals surface area contributed by atoms with Crippen molar-refractivity contribution in [3.05, 3.63) is 65.2 Å². The number of nitrogens with zero attached hydrogens (tertiary/aromatic N) is 3. The summed E-state index contributed by atoms with van der Waals surface area (Å²) in [4.78, 5) is 22.3. The second kappa shape index (κ2) is 7.16. The fourth-order valence-corrected chi connectivity index (χ4v) is 4.10. The van der Waals surface area contributed by atoms with Crippen molar-refractivity contribution in [2.24, 2.45) is 0 Å². The third-order valence-corrected chi connectivity index (χ3v) is 5.69. The molecule has 0 unspecified atom stereocenters. The summed E-state index contributed by atoms with van der Waals surface area (Å²) in [5.74, 6) is -0.832. The van der Waals surface area contributed by atoms with Gasteiger partial charge in [0.25, 0.3) is 5.91 Å². The molecule has 1 amide bonds. The van der Waals surface area contributed by atoms with Crippen LogP contribution in [0.3, 0.4) is 0 Å². The molecule has 28 heavy (non-hydrogen) atoms. The lowest BCUT2D eigenvalue weighted by Crippen LogP contribution is -2.12. The maximum Gasteiger partial charge on any atom is 0.267 e. The van der Waals surface area contributed by atoms with Gasteiger partial charge in [0.2, 0.25) is 0 Å². The molecule has 0 saturated heterocycles. The molecule has 1 aromatic carbocycles. The summed E-state index contributed by atoms with van der Waals surface area (Å²) in [6.07, 6.45) is 3.80. The number of carbonyl (C=O) groups is 1. The molecule has 3 heterocycles. The number of aryl methyl sites for hydroxylation is 1. The lowest BCUT2D eigenvalue weighted by atomic mass is 10.2. The number of hydrogen-bond acceptors (Lipinski definition) is 4. The van der Waals surface area contributed by atoms with Crippen LogP contribution in [0.1, 0.15) is 35.3 Å². The van der Waals surface area contributed by atoms with Gasteiger partial charge in [0.05, 0.1) is 11.4 Å². The maximum atomic E-state index is 13.9. The first-order valence-electron chi connectivity index (χ1n) is 8.95. The molecule has 3 aromatic heterocycles. The molecule has 0 aliphatic heterocycles. The van der Waals surface area contributed by atoms with Crippen LogP contribution >= 0.6 is 11.3 Å². The number of nitrogens with one attached hydrogen (secondary N) is 1. The first-order chi connectivity index (χ1) is 13.5. The largest absolute Gasteiger partial charge is 0.329 e. The third-order valence-electron chi connectivity index (χ3n) is 4.50. The van der Waals surface area contributed by atoms with Crippen molar-refractivity contribution in [2.45, 2.75) is 26.8 Å². The van der Waals surface area contributed by atoms with E-state index in [9.17, 15) is 9.18 Å². The predicted molar refractivity (Wildman–Crippen MR) is 110 cm³/mol. The van der Waals surface area contributed by atoms with Crippen molar-refractivity contribution in [2.75, 3.05) is 5.32 Å². The Labute approximate surface area is 165 Å². The summed E-state index contributed by atoms with van der Waals surface area (Å²) >= 11 is 1.30. The number of thiazole rings is 1. The monoisotopic (exact) mass is 394 g/mol. The molecular weight excluding hydrogens is 375 g/mol. The highest BCUT2D eigenvalue weighted by Gasteiger charge is 2.21. The second-order valence-electron chi connectivity index (χ2n) is 6.79. The van der Waals surface area contributed by atoms with Gasteiger partial charge in [-0.3, -0.25) is 4.79 Å². The number of para-hydroxylation sites is 1. The van der Waals surface area contributed by atoms with Gasteiger partial charge in [-0.1, -0.05) is 12.1 Å². The number of amides is 1. The molecule has 0 fully saturated rings. The second-order valence-corrected chi connectivity index (χ2v) is 7.78. The van der Waals surface area contributed by atoms with E-state index < -0.39 is 5.82 Å². The lowest BCUT2D eigenvalue weighted by Gasteiger charge is -2.07. The Bertz CT molecular complexity index is 1180. The fraction of sp³-hybridized carbons (Fsp3) is 0.190. The molecule has 0 aliphatic carbocycles. The van der Waals surface area contributed by atoms with Gasteiger partial charge in [-0.15, -0.1) is 11.3 Å². The van der Waals surface area contributed by atoms with Gasteiger partial charge in [0.15, 0.2) is 0 Å². The van der Waals surface area contributed by atoms with Gasteiger partial charge in [0.1, 0.15) is 21.3 Å². The van der Waals surface area contributed by atoms with Crippen molar-refractivity contribution >= 4 is 34.0 Å². The number of carbonyl (C=O) groups excluding carboxylic acids is 1. The van der Waals surface area contributed by atoms with Gasteiger partial charge in [0, 0.05) is 29.4 Å². The van der Waals surface area contributed by atoms with E-state index in [0.29, 0.717) is 10.6 Å². The minimum atomic E-state index is -0.468. The van der Waals surface area contributed by atoms with Crippen LogP contribution in [-0.2, 0) is 0 Å². The highest BCUT2D eigenvalue weighted by Crippen LogP contribution is 2.35. The summed E-state index contributed by atoms with van der Waals surface area (Å²) in [6, 6.07) is 10.3. The van der Waals surface area contributed by atoms with Gasteiger partial charge < -0.3 is 9.88 Å². The topological polar surface area (TPSA) is 59.8 Å². The SMILES string of the molecule is Cc1nc(-c2cn(C(C)C)c3ncccc23)sc1C(=O)Nc1ccccc1F. The summed E-state index contributed by atoms with van der Waals surface area (Å²) in [6.45, 7) is 5.98. The van der Waals surface area contributed by atoms with Gasteiger partial charge in [-0.2, -0.15) is 0 Å². The van der Waals surface area contributed by atoms with Gasteiger partial charge >= 0.3 is 0 Å². The summed E-state index contributed by atoms with van der Waals surface area (Å²) in [5, 5.41) is 4.37. The highest BCUT2D eigenvalue weighted by molar-refractivity contribution is 7.17. The Morgan fingerprint density at radius 1 is 1.21 bits per heavy atom. The van der Waals surface area contributed by atoms with Crippen LogP contribution in [0, 0.1) is 12.7 Å². The van der Waals surface area contributed by atoms with E-state index in [1.54, 1.807) is 25.3 Å². The fourth-order valence-electron chi connectivity index (χ4n) is 3.11. The van der Waals surface area contributed by atoms with Gasteiger partial charge in [-0.05, 0) is 45.0 Å². The number of pyridine rings is 1. The number of anilines is 1. The highest BCUT2D eigenvalue weighted by atomic mass is 32.1. The van der Waals surface area contributed by atoms with E-state index in [0.717, 1.165) is 21.6 Å². The molecule has 7 heteroatoms. The minimum absolute atomic E-state index is 0.155. The Balaban J connectivity index is 1.73. The molecular formula is C21H19FN4OS. The molecule has 1 N–H and O–H groups in total. The Kier molecular flexibility index (Phi) is 4.68. The van der Waals surface area contributed by atoms with Crippen LogP contribution in [0.5, 0.6) is 0 Å². The Morgan fingerprint density at radius 2 is 2.00 bits per heavy atom. The van der Waals surface area contributed by atoms with Crippen LogP contribution < -0.4 is 5.32 Å². The zero-order valence-electron chi connectivity index (χ0n) is 15.7. The standard InChI is InChI=1S/C21H19FN4OS/c1-12(2)26-11-15(14-7-6-10-23-19(14)26)21-24-13(3)18(28-21)20(27)25-17-9-5-4-8-16(17)22/h4-12H,1-3H3,(H,25,27). The normalized spacial score (nSPS) is 11.3. The molecule has 0 bridgehead atoms. The molecule has 0 radical (unpaired) electrons. The smallest absolute Gasteiger partial charge is 0.267 e. The quantitative estimate of drug-likeness (QED) is 0.501. The number of fused-ring (bicyclic) bond motifs is 1. The van der Waals surface area contributed by atoms with Crippen molar-refractivity contribution in [1.82, 2.24) is 14.5 Å². The summed E-state index contributed by atoms with van der Waals surface area (Å²) in [5.41, 5.74) is 2.60. The first-order valence-corrected chi connectivity index (χ1v) is 9.76. The van der Waals surface area contributed by atoms with Crippen LogP contribution in [0.15, 0.2) is 48.8 Å². The van der Waals surface area contributed by atoms with Crippen LogP contribution in [0.2, 0.25) is 0 Å². The average molecular weight is 394 g/mol. The third kappa shape index (κ3) is 3.18. The van der Waals surface area contributed by atoms with E-state index in [4.69, 9.17) is 0 Å². The summed E-state index contributed by atoms with van der Waals surface area (Å²) in [7, 11) is 0. The average Bonchev–Trinajstić information content (AvgIpc) is 3.24. The van der Waals surface area contributed by atoms with Crippen LogP contribution in [0.25, 0.3) is 21.6 Å². The number of aromatic nitrogens is 3. The van der Waals surface area contributed by atoms with Crippen molar-refractivity contribution in [3.8, 4) is 10.6 Å². The van der Waals surface area contributed by atoms with E-state index in [1.165, 1.54) is 23.5 Å². The number of hydrogen-bond donors (Lipinski definition) is 1. The first kappa shape index (κ1) is 18.3. The van der Waals surface area contributed by atoms with Crippen LogP contribution in [-0.4, -0.2) is 20.4 Å². The van der Waals surface area contributed by atoms with E-state index in [-0.39, 0.29) is 17.6 Å². The van der Waals surface area contributed by atoms with E-state index in [1.807, 2.05) is 18.3 Å². The molecule has 4 rings (SSSR count). The molecule has 0 atom stereocenters. The zero-order valence-corrected chi connectivity index (χ0v) is 16.5.